The fourth-order valence-electron chi connectivity index (χ4n) is 6.34. The largest absolute Gasteiger partial charge is 0.380 e. The van der Waals surface area contributed by atoms with E-state index in [2.05, 4.69) is 78.2 Å². The van der Waals surface area contributed by atoms with Crippen LogP contribution in [0.4, 0.5) is 0 Å². The number of carbonyl (C=O) groups excluding carboxylic acids is 1. The number of H-pyrrole nitrogens is 1. The van der Waals surface area contributed by atoms with Crippen LogP contribution in [0, 0.1) is 5.41 Å². The first-order chi connectivity index (χ1) is 17.6. The van der Waals surface area contributed by atoms with Crippen LogP contribution in [0.1, 0.15) is 74.8 Å². The summed E-state index contributed by atoms with van der Waals surface area (Å²) in [4.78, 5) is 20.6. The summed E-state index contributed by atoms with van der Waals surface area (Å²) in [5, 5.41) is 20.3. The number of amides is 1. The summed E-state index contributed by atoms with van der Waals surface area (Å²) < 4.78 is 0. The Labute approximate surface area is 219 Å². The molecule has 3 aromatic rings. The molecule has 2 atom stereocenters. The summed E-state index contributed by atoms with van der Waals surface area (Å²) in [5.41, 5.74) is 4.09. The molecule has 7 heteroatoms. The Kier molecular flexibility index (Phi) is 6.71. The first-order valence-corrected chi connectivity index (χ1v) is 13.4. The van der Waals surface area contributed by atoms with Crippen molar-refractivity contribution in [3.8, 4) is 11.3 Å². The van der Waals surface area contributed by atoms with Gasteiger partial charge in [0, 0.05) is 73.7 Å². The van der Waals surface area contributed by atoms with Crippen molar-refractivity contribution in [2.75, 3.05) is 33.2 Å². The van der Waals surface area contributed by atoms with E-state index in [4.69, 9.17) is 0 Å². The minimum Gasteiger partial charge on any atom is -0.380 e. The summed E-state index contributed by atoms with van der Waals surface area (Å²) in [7, 11) is 2.09. The molecule has 1 aromatic carbocycles. The highest BCUT2D eigenvalue weighted by atomic mass is 16.3. The highest BCUT2D eigenvalue weighted by molar-refractivity contribution is 5.73. The first-order valence-electron chi connectivity index (χ1n) is 13.4. The van der Waals surface area contributed by atoms with Crippen LogP contribution < -0.4 is 0 Å². The average Bonchev–Trinajstić information content (AvgIpc) is 3.38. The second-order valence-electron chi connectivity index (χ2n) is 11.7. The first kappa shape index (κ1) is 25.6. The van der Waals surface area contributed by atoms with E-state index >= 15 is 0 Å². The number of aromatic nitrogens is 3. The van der Waals surface area contributed by atoms with Gasteiger partial charge in [-0.25, -0.2) is 0 Å². The molecule has 37 heavy (non-hydrogen) atoms. The standard InChI is InChI=1S/C30H39N5O2/c1-20(2)22-8-10-25(11-9-22)30(37,29(4)18-34(5)19-29)26-13-24(15-31-16-26)28-14-27(32-33-28)23-7-6-12-35(17-23)21(3)36/h8-11,13-16,20,23,37H,6-7,12,17-19H2,1-5H3,(H,32,33)/t23?,30-/m0/s1. The normalized spacial score (nSPS) is 21.5. The molecular formula is C30H39N5O2. The van der Waals surface area contributed by atoms with E-state index < -0.39 is 5.60 Å². The van der Waals surface area contributed by atoms with Gasteiger partial charge in [-0.3, -0.25) is 14.9 Å². The molecule has 2 saturated heterocycles. The molecule has 0 aliphatic carbocycles. The van der Waals surface area contributed by atoms with Crippen LogP contribution in [0.5, 0.6) is 0 Å². The van der Waals surface area contributed by atoms with Gasteiger partial charge in [-0.15, -0.1) is 0 Å². The Bertz CT molecular complexity index is 1260. The van der Waals surface area contributed by atoms with E-state index in [1.165, 1.54) is 5.56 Å². The number of nitrogens with one attached hydrogen (secondary N) is 1. The summed E-state index contributed by atoms with van der Waals surface area (Å²) >= 11 is 0. The Hall–Kier alpha value is -3.03. The minimum absolute atomic E-state index is 0.122. The Morgan fingerprint density at radius 3 is 2.54 bits per heavy atom. The van der Waals surface area contributed by atoms with Crippen LogP contribution >= 0.6 is 0 Å². The van der Waals surface area contributed by atoms with Gasteiger partial charge in [-0.2, -0.15) is 5.10 Å². The molecule has 0 radical (unpaired) electrons. The lowest BCUT2D eigenvalue weighted by molar-refractivity contribution is -0.130. The number of pyridine rings is 1. The Morgan fingerprint density at radius 1 is 1.16 bits per heavy atom. The van der Waals surface area contributed by atoms with E-state index in [9.17, 15) is 9.90 Å². The van der Waals surface area contributed by atoms with Crippen LogP contribution in [-0.4, -0.2) is 69.2 Å². The van der Waals surface area contributed by atoms with Crippen molar-refractivity contribution in [3.05, 3.63) is 71.2 Å². The number of piperidine rings is 1. The smallest absolute Gasteiger partial charge is 0.219 e. The van der Waals surface area contributed by atoms with Gasteiger partial charge in [0.2, 0.25) is 5.91 Å². The van der Waals surface area contributed by atoms with Gasteiger partial charge >= 0.3 is 0 Å². The lowest BCUT2D eigenvalue weighted by Gasteiger charge is -2.55. The van der Waals surface area contributed by atoms with Crippen molar-refractivity contribution in [3.63, 3.8) is 0 Å². The summed E-state index contributed by atoms with van der Waals surface area (Å²) in [6, 6.07) is 12.5. The van der Waals surface area contributed by atoms with Crippen molar-refractivity contribution < 1.29 is 9.90 Å². The molecule has 1 unspecified atom stereocenters. The molecule has 0 saturated carbocycles. The second kappa shape index (κ2) is 9.69. The number of carbonyl (C=O) groups is 1. The van der Waals surface area contributed by atoms with E-state index in [0.717, 1.165) is 60.6 Å². The second-order valence-corrected chi connectivity index (χ2v) is 11.7. The number of aromatic amines is 1. The van der Waals surface area contributed by atoms with Crippen molar-refractivity contribution in [2.45, 2.75) is 58.0 Å². The summed E-state index contributed by atoms with van der Waals surface area (Å²) in [5.74, 6) is 0.797. The monoisotopic (exact) mass is 501 g/mol. The number of nitrogens with zero attached hydrogens (tertiary/aromatic N) is 4. The SMILES string of the molecule is CC(=O)N1CCCC(c2cc(-c3cncc([C@@](O)(c4ccc(C(C)C)cc4)C4(C)CN(C)C4)c3)n[nH]2)C1. The molecule has 7 nitrogen and oxygen atoms in total. The van der Waals surface area contributed by atoms with Crippen molar-refractivity contribution in [1.82, 2.24) is 25.0 Å². The highest BCUT2D eigenvalue weighted by Gasteiger charge is 2.55. The Morgan fingerprint density at radius 2 is 1.89 bits per heavy atom. The quantitative estimate of drug-likeness (QED) is 0.519. The number of benzene rings is 1. The van der Waals surface area contributed by atoms with E-state index in [1.807, 2.05) is 17.2 Å². The van der Waals surface area contributed by atoms with Crippen LogP contribution in [0.3, 0.4) is 0 Å². The molecular weight excluding hydrogens is 462 g/mol. The molecule has 0 bridgehead atoms. The maximum absolute atomic E-state index is 12.5. The van der Waals surface area contributed by atoms with Gasteiger partial charge in [-0.05, 0) is 49.1 Å². The summed E-state index contributed by atoms with van der Waals surface area (Å²) in [6.07, 6.45) is 5.62. The van der Waals surface area contributed by atoms with Gasteiger partial charge in [-0.1, -0.05) is 45.0 Å². The van der Waals surface area contributed by atoms with Crippen LogP contribution in [-0.2, 0) is 10.4 Å². The number of aliphatic hydroxyl groups is 1. The topological polar surface area (TPSA) is 85.3 Å². The van der Waals surface area contributed by atoms with E-state index in [1.54, 1.807) is 13.1 Å². The van der Waals surface area contributed by atoms with E-state index in [0.29, 0.717) is 12.5 Å². The third-order valence-electron chi connectivity index (χ3n) is 8.46. The van der Waals surface area contributed by atoms with Gasteiger partial charge in [0.1, 0.15) is 5.60 Å². The molecule has 4 heterocycles. The summed E-state index contributed by atoms with van der Waals surface area (Å²) in [6.45, 7) is 11.3. The van der Waals surface area contributed by atoms with E-state index in [-0.39, 0.29) is 17.2 Å². The molecule has 2 aliphatic rings. The van der Waals surface area contributed by atoms with Crippen molar-refractivity contribution in [2.24, 2.45) is 5.41 Å². The van der Waals surface area contributed by atoms with Crippen molar-refractivity contribution >= 4 is 5.91 Å². The molecule has 1 amide bonds. The van der Waals surface area contributed by atoms with Gasteiger partial charge in [0.25, 0.3) is 0 Å². The highest BCUT2D eigenvalue weighted by Crippen LogP contribution is 2.50. The van der Waals surface area contributed by atoms with Crippen molar-refractivity contribution in [1.29, 1.82) is 0 Å². The van der Waals surface area contributed by atoms with Gasteiger partial charge < -0.3 is 14.9 Å². The number of likely N-dealkylation sites (tertiary alicyclic amines) is 2. The minimum atomic E-state index is -1.19. The zero-order valence-corrected chi connectivity index (χ0v) is 22.7. The fraction of sp³-hybridized carbons (Fsp3) is 0.500. The Balaban J connectivity index is 1.49. The predicted octanol–water partition coefficient (Wildman–Crippen LogP) is 4.51. The molecule has 0 spiro atoms. The molecule has 2 fully saturated rings. The molecule has 2 N–H and O–H groups in total. The fourth-order valence-corrected chi connectivity index (χ4v) is 6.34. The molecule has 2 aromatic heterocycles. The third kappa shape index (κ3) is 4.59. The lowest BCUT2D eigenvalue weighted by Crippen LogP contribution is -2.63. The van der Waals surface area contributed by atoms with Crippen LogP contribution in [0.25, 0.3) is 11.3 Å². The number of rotatable bonds is 6. The number of hydrogen-bond acceptors (Lipinski definition) is 5. The maximum atomic E-state index is 12.5. The zero-order chi connectivity index (χ0) is 26.4. The maximum Gasteiger partial charge on any atom is 0.219 e. The van der Waals surface area contributed by atoms with Gasteiger partial charge in [0.15, 0.2) is 0 Å². The molecule has 196 valence electrons. The zero-order valence-electron chi connectivity index (χ0n) is 22.7. The van der Waals surface area contributed by atoms with Gasteiger partial charge in [0.05, 0.1) is 5.69 Å². The average molecular weight is 502 g/mol. The predicted molar refractivity (Wildman–Crippen MR) is 145 cm³/mol. The third-order valence-corrected chi connectivity index (χ3v) is 8.46. The van der Waals surface area contributed by atoms with Crippen LogP contribution in [0.15, 0.2) is 48.8 Å². The number of hydrogen-bond donors (Lipinski definition) is 2. The molecule has 5 rings (SSSR count). The lowest BCUT2D eigenvalue weighted by atomic mass is 9.62. The molecule has 2 aliphatic heterocycles. The van der Waals surface area contributed by atoms with Crippen LogP contribution in [0.2, 0.25) is 0 Å².